The standard InChI is InChI=1S/C13H15BrN2O2S2/c1-7(20(2)18)6-16-13(17)12-11(15)10-8(14)4-3-5-9(10)19-12/h3-5,7H,6,15H2,1-2H3,(H,16,17). The van der Waals surface area contributed by atoms with E-state index in [1.54, 1.807) is 6.26 Å². The van der Waals surface area contributed by atoms with Crippen molar-refractivity contribution >= 4 is 59.7 Å². The molecular formula is C13H15BrN2O2S2. The van der Waals surface area contributed by atoms with Gasteiger partial charge in [-0.05, 0) is 19.1 Å². The van der Waals surface area contributed by atoms with E-state index in [2.05, 4.69) is 21.2 Å². The fraction of sp³-hybridized carbons (Fsp3) is 0.308. The molecule has 0 radical (unpaired) electrons. The Morgan fingerprint density at radius 3 is 2.85 bits per heavy atom. The van der Waals surface area contributed by atoms with E-state index in [0.29, 0.717) is 17.1 Å². The highest BCUT2D eigenvalue weighted by molar-refractivity contribution is 9.10. The Bertz CT molecular complexity index is 684. The molecule has 1 aromatic heterocycles. The van der Waals surface area contributed by atoms with Gasteiger partial charge in [0.1, 0.15) is 4.88 Å². The lowest BCUT2D eigenvalue weighted by Crippen LogP contribution is -2.32. The normalized spacial score (nSPS) is 14.2. The van der Waals surface area contributed by atoms with E-state index >= 15 is 0 Å². The largest absolute Gasteiger partial charge is 0.397 e. The van der Waals surface area contributed by atoms with Crippen molar-refractivity contribution in [3.63, 3.8) is 0 Å². The fourth-order valence-corrected chi connectivity index (χ4v) is 3.83. The summed E-state index contributed by atoms with van der Waals surface area (Å²) in [5, 5.41) is 3.57. The molecule has 1 aromatic carbocycles. The number of carbonyl (C=O) groups is 1. The Hall–Kier alpha value is -0.920. The average molecular weight is 375 g/mol. The molecule has 20 heavy (non-hydrogen) atoms. The lowest BCUT2D eigenvalue weighted by Gasteiger charge is -2.09. The van der Waals surface area contributed by atoms with E-state index in [1.165, 1.54) is 11.3 Å². The number of halogens is 1. The first-order chi connectivity index (χ1) is 9.41. The van der Waals surface area contributed by atoms with Gasteiger partial charge >= 0.3 is 0 Å². The molecule has 0 aliphatic rings. The van der Waals surface area contributed by atoms with Crippen LogP contribution in [0.5, 0.6) is 0 Å². The molecule has 0 saturated carbocycles. The number of fused-ring (bicyclic) bond motifs is 1. The predicted octanol–water partition coefficient (Wildman–Crippen LogP) is 2.74. The van der Waals surface area contributed by atoms with Crippen LogP contribution in [0.1, 0.15) is 16.6 Å². The third kappa shape index (κ3) is 3.05. The van der Waals surface area contributed by atoms with Crippen LogP contribution in [0, 0.1) is 0 Å². The average Bonchev–Trinajstić information content (AvgIpc) is 2.74. The van der Waals surface area contributed by atoms with Crippen LogP contribution >= 0.6 is 27.3 Å². The van der Waals surface area contributed by atoms with Crippen molar-refractivity contribution in [1.82, 2.24) is 5.32 Å². The number of anilines is 1. The summed E-state index contributed by atoms with van der Waals surface area (Å²) in [6, 6.07) is 5.74. The number of nitrogen functional groups attached to an aromatic ring is 1. The van der Waals surface area contributed by atoms with Crippen LogP contribution in [-0.4, -0.2) is 28.2 Å². The Morgan fingerprint density at radius 1 is 1.55 bits per heavy atom. The lowest BCUT2D eigenvalue weighted by molar-refractivity contribution is 0.0959. The summed E-state index contributed by atoms with van der Waals surface area (Å²) in [5.74, 6) is -0.215. The fourth-order valence-electron chi connectivity index (χ4n) is 1.73. The van der Waals surface area contributed by atoms with Crippen LogP contribution in [-0.2, 0) is 10.8 Å². The van der Waals surface area contributed by atoms with Crippen LogP contribution in [0.15, 0.2) is 22.7 Å². The predicted molar refractivity (Wildman–Crippen MR) is 89.8 cm³/mol. The van der Waals surface area contributed by atoms with Crippen LogP contribution in [0.25, 0.3) is 10.1 Å². The molecule has 2 unspecified atom stereocenters. The van der Waals surface area contributed by atoms with Crippen molar-refractivity contribution in [1.29, 1.82) is 0 Å². The third-order valence-corrected chi connectivity index (χ3v) is 6.15. The number of rotatable bonds is 4. The second kappa shape index (κ2) is 6.24. The molecule has 0 aliphatic heterocycles. The summed E-state index contributed by atoms with van der Waals surface area (Å²) in [7, 11) is -0.957. The van der Waals surface area contributed by atoms with Gasteiger partial charge < -0.3 is 11.1 Å². The molecule has 0 aliphatic carbocycles. The maximum Gasteiger partial charge on any atom is 0.263 e. The summed E-state index contributed by atoms with van der Waals surface area (Å²) in [6.07, 6.45) is 1.63. The SMILES string of the molecule is CC(CNC(=O)c1sc2cccc(Br)c2c1N)S(C)=O. The second-order valence-corrected chi connectivity index (χ2v) is 8.19. The molecule has 4 nitrogen and oxygen atoms in total. The number of carbonyl (C=O) groups excluding carboxylic acids is 1. The highest BCUT2D eigenvalue weighted by atomic mass is 79.9. The van der Waals surface area contributed by atoms with Gasteiger partial charge in [0.2, 0.25) is 0 Å². The van der Waals surface area contributed by atoms with Crippen molar-refractivity contribution < 1.29 is 9.00 Å². The van der Waals surface area contributed by atoms with Crippen molar-refractivity contribution in [2.75, 3.05) is 18.5 Å². The first-order valence-electron chi connectivity index (χ1n) is 5.98. The molecule has 2 rings (SSSR count). The quantitative estimate of drug-likeness (QED) is 0.863. The van der Waals surface area contributed by atoms with Gasteiger partial charge in [0.15, 0.2) is 0 Å². The van der Waals surface area contributed by atoms with E-state index in [1.807, 2.05) is 25.1 Å². The maximum atomic E-state index is 12.2. The van der Waals surface area contributed by atoms with Crippen LogP contribution in [0.2, 0.25) is 0 Å². The van der Waals surface area contributed by atoms with Crippen LogP contribution in [0.4, 0.5) is 5.69 Å². The van der Waals surface area contributed by atoms with Gasteiger partial charge in [-0.3, -0.25) is 9.00 Å². The highest BCUT2D eigenvalue weighted by Crippen LogP contribution is 2.37. The van der Waals surface area contributed by atoms with Crippen molar-refractivity contribution in [2.45, 2.75) is 12.2 Å². The molecule has 0 fully saturated rings. The second-order valence-electron chi connectivity index (χ2n) is 4.48. The van der Waals surface area contributed by atoms with E-state index in [4.69, 9.17) is 5.73 Å². The summed E-state index contributed by atoms with van der Waals surface area (Å²) in [6.45, 7) is 2.21. The van der Waals surface area contributed by atoms with Gasteiger partial charge in [-0.15, -0.1) is 11.3 Å². The number of nitrogens with one attached hydrogen (secondary N) is 1. The highest BCUT2D eigenvalue weighted by Gasteiger charge is 2.18. The molecule has 7 heteroatoms. The molecule has 0 spiro atoms. The minimum atomic E-state index is -0.957. The number of hydrogen-bond donors (Lipinski definition) is 2. The summed E-state index contributed by atoms with van der Waals surface area (Å²) < 4.78 is 13.1. The summed E-state index contributed by atoms with van der Waals surface area (Å²) in [4.78, 5) is 12.7. The maximum absolute atomic E-state index is 12.2. The molecule has 1 heterocycles. The zero-order valence-corrected chi connectivity index (χ0v) is 14.3. The molecule has 0 saturated heterocycles. The topological polar surface area (TPSA) is 72.2 Å². The van der Waals surface area contributed by atoms with Gasteiger partial charge in [0.25, 0.3) is 5.91 Å². The minimum Gasteiger partial charge on any atom is -0.397 e. The molecule has 0 bridgehead atoms. The Balaban J connectivity index is 2.25. The molecular weight excluding hydrogens is 360 g/mol. The smallest absolute Gasteiger partial charge is 0.263 e. The molecule has 108 valence electrons. The van der Waals surface area contributed by atoms with Gasteiger partial charge in [0.05, 0.1) is 5.69 Å². The summed E-state index contributed by atoms with van der Waals surface area (Å²) >= 11 is 4.81. The number of benzene rings is 1. The number of nitrogens with two attached hydrogens (primary N) is 1. The zero-order valence-electron chi connectivity index (χ0n) is 11.1. The van der Waals surface area contributed by atoms with E-state index in [0.717, 1.165) is 14.6 Å². The molecule has 1 amide bonds. The number of thiophene rings is 1. The first kappa shape index (κ1) is 15.5. The Kier molecular flexibility index (Phi) is 4.82. The minimum absolute atomic E-state index is 0.0821. The van der Waals surface area contributed by atoms with Gasteiger partial charge in [-0.25, -0.2) is 0 Å². The van der Waals surface area contributed by atoms with Gasteiger partial charge in [0, 0.05) is 43.4 Å². The Morgan fingerprint density at radius 2 is 2.25 bits per heavy atom. The number of amides is 1. The van der Waals surface area contributed by atoms with E-state index in [-0.39, 0.29) is 11.2 Å². The van der Waals surface area contributed by atoms with Crippen molar-refractivity contribution in [3.8, 4) is 0 Å². The Labute approximate surface area is 132 Å². The molecule has 2 atom stereocenters. The van der Waals surface area contributed by atoms with Crippen LogP contribution < -0.4 is 11.1 Å². The van der Waals surface area contributed by atoms with Gasteiger partial charge in [-0.2, -0.15) is 0 Å². The third-order valence-electron chi connectivity index (χ3n) is 3.02. The molecule has 3 N–H and O–H groups in total. The van der Waals surface area contributed by atoms with E-state index < -0.39 is 10.8 Å². The van der Waals surface area contributed by atoms with Crippen LogP contribution in [0.3, 0.4) is 0 Å². The number of hydrogen-bond acceptors (Lipinski definition) is 4. The van der Waals surface area contributed by atoms with Gasteiger partial charge in [-0.1, -0.05) is 22.0 Å². The monoisotopic (exact) mass is 374 g/mol. The zero-order chi connectivity index (χ0) is 14.9. The summed E-state index contributed by atoms with van der Waals surface area (Å²) in [5.41, 5.74) is 6.55. The van der Waals surface area contributed by atoms with Crippen molar-refractivity contribution in [3.05, 3.63) is 27.5 Å². The van der Waals surface area contributed by atoms with E-state index in [9.17, 15) is 9.00 Å². The lowest BCUT2D eigenvalue weighted by atomic mass is 10.2. The van der Waals surface area contributed by atoms with Crippen molar-refractivity contribution in [2.24, 2.45) is 0 Å². The molecule has 2 aromatic rings. The first-order valence-corrected chi connectivity index (χ1v) is 9.21.